The molecule has 6 rings (SSSR count). The molecule has 8 nitrogen and oxygen atoms in total. The Morgan fingerprint density at radius 1 is 0.867 bits per heavy atom. The van der Waals surface area contributed by atoms with Crippen LogP contribution in [0.4, 0.5) is 0 Å². The molecule has 0 saturated carbocycles. The van der Waals surface area contributed by atoms with Crippen molar-refractivity contribution >= 4 is 21.9 Å². The molecule has 0 spiro atoms. The van der Waals surface area contributed by atoms with Gasteiger partial charge < -0.3 is 4.98 Å². The third-order valence-electron chi connectivity index (χ3n) is 5.19. The summed E-state index contributed by atoms with van der Waals surface area (Å²) in [5.41, 5.74) is 7.31. The Morgan fingerprint density at radius 3 is 2.67 bits per heavy atom. The third-order valence-corrected chi connectivity index (χ3v) is 5.19. The van der Waals surface area contributed by atoms with Crippen molar-refractivity contribution in [3.05, 3.63) is 67.5 Å². The average molecular weight is 392 g/mol. The zero-order valence-electron chi connectivity index (χ0n) is 16.0. The highest BCUT2D eigenvalue weighted by Crippen LogP contribution is 2.33. The molecule has 30 heavy (non-hydrogen) atoms. The van der Waals surface area contributed by atoms with Gasteiger partial charge >= 0.3 is 0 Å². The number of H-pyrrole nitrogens is 2. The molecule has 0 radical (unpaired) electrons. The van der Waals surface area contributed by atoms with Crippen molar-refractivity contribution in [3.8, 4) is 33.8 Å². The molecular weight excluding hydrogens is 376 g/mol. The first kappa shape index (κ1) is 16.6. The van der Waals surface area contributed by atoms with E-state index in [9.17, 15) is 0 Å². The molecule has 0 aliphatic rings. The summed E-state index contributed by atoms with van der Waals surface area (Å²) in [5.74, 6) is 0. The Balaban J connectivity index is 1.52. The summed E-state index contributed by atoms with van der Waals surface area (Å²) in [5, 5.41) is 13.8. The van der Waals surface area contributed by atoms with E-state index in [1.807, 2.05) is 50.0 Å². The Morgan fingerprint density at radius 2 is 1.83 bits per heavy atom. The molecule has 0 bridgehead atoms. The van der Waals surface area contributed by atoms with Crippen molar-refractivity contribution in [1.29, 1.82) is 0 Å². The summed E-state index contributed by atoms with van der Waals surface area (Å²) in [6.45, 7) is 0. The Hall–Kier alpha value is -4.33. The van der Waals surface area contributed by atoms with Crippen LogP contribution < -0.4 is 0 Å². The second kappa shape index (κ2) is 6.35. The molecule has 8 heteroatoms. The van der Waals surface area contributed by atoms with Crippen LogP contribution in [0.1, 0.15) is 0 Å². The third kappa shape index (κ3) is 2.58. The van der Waals surface area contributed by atoms with Crippen LogP contribution in [0, 0.1) is 0 Å². The first-order valence-electron chi connectivity index (χ1n) is 9.48. The SMILES string of the molecule is Cn1cc(-c2cnc3[nH]nc(-c4cc5c(-c6cccnc6)nccc5[nH]4)c3c2)cn1. The lowest BCUT2D eigenvalue weighted by atomic mass is 10.1. The zero-order chi connectivity index (χ0) is 20.1. The van der Waals surface area contributed by atoms with Crippen LogP contribution >= 0.6 is 0 Å². The number of pyridine rings is 3. The molecule has 0 fully saturated rings. The van der Waals surface area contributed by atoms with Gasteiger partial charge in [-0.1, -0.05) is 0 Å². The minimum absolute atomic E-state index is 0.738. The van der Waals surface area contributed by atoms with Crippen molar-refractivity contribution in [2.75, 3.05) is 0 Å². The highest BCUT2D eigenvalue weighted by Gasteiger charge is 2.15. The maximum absolute atomic E-state index is 4.58. The summed E-state index contributed by atoms with van der Waals surface area (Å²) in [6.07, 6.45) is 11.0. The fraction of sp³-hybridized carbons (Fsp3) is 0.0455. The second-order valence-electron chi connectivity index (χ2n) is 7.14. The topological polar surface area (TPSA) is 101 Å². The van der Waals surface area contributed by atoms with Gasteiger partial charge in [0.1, 0.15) is 5.69 Å². The first-order valence-corrected chi connectivity index (χ1v) is 9.48. The number of hydrogen-bond acceptors (Lipinski definition) is 5. The predicted molar refractivity (Wildman–Crippen MR) is 114 cm³/mol. The standard InChI is InChI=1S/C22H16N8/c1-30-12-15(11-26-30)14-7-17-21(28-29-22(17)25-10-14)19-8-16-18(27-19)4-6-24-20(16)13-3-2-5-23-9-13/h2-12,27H,1H3,(H,25,28,29). The lowest BCUT2D eigenvalue weighted by Gasteiger charge is -2.00. The number of nitrogens with zero attached hydrogens (tertiary/aromatic N) is 6. The molecule has 0 atom stereocenters. The molecule has 6 aromatic heterocycles. The van der Waals surface area contributed by atoms with Crippen molar-refractivity contribution in [1.82, 2.24) is 39.9 Å². The molecule has 0 aliphatic carbocycles. The Bertz CT molecular complexity index is 1510. The van der Waals surface area contributed by atoms with Crippen LogP contribution in [-0.4, -0.2) is 39.9 Å². The highest BCUT2D eigenvalue weighted by molar-refractivity contribution is 5.99. The monoisotopic (exact) mass is 392 g/mol. The average Bonchev–Trinajstić information content (AvgIpc) is 3.50. The van der Waals surface area contributed by atoms with Gasteiger partial charge in [0.25, 0.3) is 0 Å². The molecule has 6 heterocycles. The summed E-state index contributed by atoms with van der Waals surface area (Å²) >= 11 is 0. The van der Waals surface area contributed by atoms with Crippen molar-refractivity contribution in [2.45, 2.75) is 0 Å². The maximum atomic E-state index is 4.58. The molecular formula is C22H16N8. The van der Waals surface area contributed by atoms with Crippen LogP contribution in [0.3, 0.4) is 0 Å². The fourth-order valence-electron chi connectivity index (χ4n) is 3.75. The van der Waals surface area contributed by atoms with Gasteiger partial charge in [0, 0.05) is 71.0 Å². The molecule has 0 aliphatic heterocycles. The van der Waals surface area contributed by atoms with Gasteiger partial charge in [-0.05, 0) is 30.3 Å². The van der Waals surface area contributed by atoms with Crippen LogP contribution in [0.2, 0.25) is 0 Å². The van der Waals surface area contributed by atoms with Gasteiger partial charge in [-0.2, -0.15) is 10.2 Å². The van der Waals surface area contributed by atoms with Crippen LogP contribution in [0.15, 0.2) is 67.5 Å². The maximum Gasteiger partial charge on any atom is 0.155 e. The Labute approximate surface area is 170 Å². The first-order chi connectivity index (χ1) is 14.8. The lowest BCUT2D eigenvalue weighted by Crippen LogP contribution is -1.84. The minimum atomic E-state index is 0.738. The molecule has 0 saturated heterocycles. The van der Waals surface area contributed by atoms with E-state index >= 15 is 0 Å². The van der Waals surface area contributed by atoms with E-state index < -0.39 is 0 Å². The smallest absolute Gasteiger partial charge is 0.155 e. The van der Waals surface area contributed by atoms with E-state index in [2.05, 4.69) is 47.4 Å². The molecule has 0 aromatic carbocycles. The summed E-state index contributed by atoms with van der Waals surface area (Å²) in [4.78, 5) is 16.8. The molecule has 6 aromatic rings. The van der Waals surface area contributed by atoms with Crippen molar-refractivity contribution in [2.24, 2.45) is 7.05 Å². The normalized spacial score (nSPS) is 11.5. The number of rotatable bonds is 3. The molecule has 0 amide bonds. The van der Waals surface area contributed by atoms with Gasteiger partial charge in [-0.15, -0.1) is 0 Å². The fourth-order valence-corrected chi connectivity index (χ4v) is 3.75. The van der Waals surface area contributed by atoms with Gasteiger partial charge in [0.15, 0.2) is 5.65 Å². The van der Waals surface area contributed by atoms with E-state index in [1.165, 1.54) is 0 Å². The van der Waals surface area contributed by atoms with Crippen LogP contribution in [-0.2, 0) is 7.05 Å². The summed E-state index contributed by atoms with van der Waals surface area (Å²) in [6, 6.07) is 10.1. The van der Waals surface area contributed by atoms with Gasteiger partial charge in [-0.3, -0.25) is 19.7 Å². The highest BCUT2D eigenvalue weighted by atomic mass is 15.2. The van der Waals surface area contributed by atoms with E-state index in [0.717, 1.165) is 55.7 Å². The number of fused-ring (bicyclic) bond motifs is 2. The number of aromatic amines is 2. The van der Waals surface area contributed by atoms with E-state index in [1.54, 1.807) is 17.1 Å². The van der Waals surface area contributed by atoms with Crippen LogP contribution in [0.5, 0.6) is 0 Å². The van der Waals surface area contributed by atoms with Crippen LogP contribution in [0.25, 0.3) is 55.7 Å². The predicted octanol–water partition coefficient (Wildman–Crippen LogP) is 3.96. The van der Waals surface area contributed by atoms with Gasteiger partial charge in [0.2, 0.25) is 0 Å². The van der Waals surface area contributed by atoms with E-state index in [0.29, 0.717) is 0 Å². The van der Waals surface area contributed by atoms with Crippen molar-refractivity contribution < 1.29 is 0 Å². The number of hydrogen-bond donors (Lipinski definition) is 2. The largest absolute Gasteiger partial charge is 0.353 e. The number of aromatic nitrogens is 8. The second-order valence-corrected chi connectivity index (χ2v) is 7.14. The lowest BCUT2D eigenvalue weighted by molar-refractivity contribution is 0.768. The van der Waals surface area contributed by atoms with Crippen molar-refractivity contribution in [3.63, 3.8) is 0 Å². The summed E-state index contributed by atoms with van der Waals surface area (Å²) in [7, 11) is 1.90. The molecule has 144 valence electrons. The molecule has 0 unspecified atom stereocenters. The van der Waals surface area contributed by atoms with Gasteiger partial charge in [-0.25, -0.2) is 4.98 Å². The van der Waals surface area contributed by atoms with Gasteiger partial charge in [0.05, 0.1) is 17.6 Å². The van der Waals surface area contributed by atoms with E-state index in [-0.39, 0.29) is 0 Å². The quantitative estimate of drug-likeness (QED) is 0.475. The molecule has 2 N–H and O–H groups in total. The minimum Gasteiger partial charge on any atom is -0.353 e. The Kier molecular flexibility index (Phi) is 3.51. The summed E-state index contributed by atoms with van der Waals surface area (Å²) < 4.78 is 1.78. The number of aryl methyl sites for hydroxylation is 1. The number of nitrogens with one attached hydrogen (secondary N) is 2. The zero-order valence-corrected chi connectivity index (χ0v) is 16.0. The van der Waals surface area contributed by atoms with E-state index in [4.69, 9.17) is 0 Å².